The van der Waals surface area contributed by atoms with Gasteiger partial charge in [-0.25, -0.2) is 0 Å². The zero-order valence-corrected chi connectivity index (χ0v) is 25.4. The molecule has 2 aliphatic rings. The number of nitrogens with one attached hydrogen (secondary N) is 2. The Morgan fingerprint density at radius 1 is 0.829 bits per heavy atom. The quantitative estimate of drug-likeness (QED) is 0.335. The number of hydrogen-bond acceptors (Lipinski definition) is 6. The lowest BCUT2D eigenvalue weighted by molar-refractivity contribution is 0.606. The average molecular weight is 553 g/mol. The van der Waals surface area contributed by atoms with Gasteiger partial charge in [-0.3, -0.25) is 15.0 Å². The van der Waals surface area contributed by atoms with Crippen molar-refractivity contribution in [3.8, 4) is 0 Å². The van der Waals surface area contributed by atoms with Crippen LogP contribution in [0.2, 0.25) is 0 Å². The molecule has 4 N–H and O–H groups in total. The molecule has 0 aromatic heterocycles. The van der Waals surface area contributed by atoms with E-state index in [0.29, 0.717) is 19.6 Å². The van der Waals surface area contributed by atoms with Crippen LogP contribution in [0.5, 0.6) is 0 Å². The van der Waals surface area contributed by atoms with Crippen LogP contribution in [0, 0.1) is 11.8 Å². The van der Waals surface area contributed by atoms with Crippen molar-refractivity contribution >= 4 is 30.5 Å². The lowest BCUT2D eigenvalue weighted by atomic mass is 10.0. The van der Waals surface area contributed by atoms with Gasteiger partial charge in [0, 0.05) is 55.3 Å². The molecule has 3 unspecified atom stereocenters. The van der Waals surface area contributed by atoms with Crippen molar-refractivity contribution in [2.24, 2.45) is 32.5 Å². The first-order chi connectivity index (χ1) is 20.2. The van der Waals surface area contributed by atoms with E-state index in [1.807, 2.05) is 88.7 Å². The zero-order valence-electron chi connectivity index (χ0n) is 25.4. The predicted octanol–water partition coefficient (Wildman–Crippen LogP) is 7.60. The van der Waals surface area contributed by atoms with Crippen molar-refractivity contribution in [3.63, 3.8) is 0 Å². The summed E-state index contributed by atoms with van der Waals surface area (Å²) in [5, 5.41) is 7.06. The fourth-order valence-corrected chi connectivity index (χ4v) is 4.28. The third-order valence-electron chi connectivity index (χ3n) is 6.47. The van der Waals surface area contributed by atoms with Gasteiger partial charge in [0.25, 0.3) is 0 Å². The third kappa shape index (κ3) is 10.8. The van der Waals surface area contributed by atoms with Crippen LogP contribution in [0.25, 0.3) is 0 Å². The highest BCUT2D eigenvalue weighted by Crippen LogP contribution is 2.24. The van der Waals surface area contributed by atoms with Gasteiger partial charge in [-0.05, 0) is 48.6 Å². The Bertz CT molecular complexity index is 1250. The Balaban J connectivity index is 0.00000141. The van der Waals surface area contributed by atoms with Gasteiger partial charge < -0.3 is 16.4 Å². The van der Waals surface area contributed by atoms with Crippen LogP contribution in [-0.2, 0) is 13.1 Å². The number of aliphatic imine (C=N–C) groups is 3. The second-order valence-electron chi connectivity index (χ2n) is 9.27. The fraction of sp³-hybridized carbons (Fsp3) is 0.343. The Morgan fingerprint density at radius 2 is 1.41 bits per heavy atom. The van der Waals surface area contributed by atoms with E-state index >= 15 is 0 Å². The maximum absolute atomic E-state index is 6.01. The predicted molar refractivity (Wildman–Crippen MR) is 180 cm³/mol. The number of nitrogens with two attached hydrogens (primary N) is 1. The number of nitrogens with zero attached hydrogens (tertiary/aromatic N) is 3. The molecule has 1 aliphatic carbocycles. The van der Waals surface area contributed by atoms with Gasteiger partial charge in [-0.1, -0.05) is 95.3 Å². The Labute approximate surface area is 247 Å². The van der Waals surface area contributed by atoms with Crippen LogP contribution in [0.1, 0.15) is 52.2 Å². The summed E-state index contributed by atoms with van der Waals surface area (Å²) >= 11 is 0. The molecule has 1 heterocycles. The molecule has 0 radical (unpaired) electrons. The van der Waals surface area contributed by atoms with E-state index in [9.17, 15) is 0 Å². The first-order valence-corrected chi connectivity index (χ1v) is 14.8. The van der Waals surface area contributed by atoms with Gasteiger partial charge in [0.2, 0.25) is 0 Å². The molecule has 0 fully saturated rings. The maximum Gasteiger partial charge on any atom is 0.0896 e. The van der Waals surface area contributed by atoms with Crippen molar-refractivity contribution in [2.45, 2.75) is 60.2 Å². The summed E-state index contributed by atoms with van der Waals surface area (Å²) in [6.07, 6.45) is 17.3. The minimum Gasteiger partial charge on any atom is -0.383 e. The topological polar surface area (TPSA) is 87.2 Å². The van der Waals surface area contributed by atoms with Crippen molar-refractivity contribution < 1.29 is 0 Å². The van der Waals surface area contributed by atoms with Crippen molar-refractivity contribution in [3.05, 3.63) is 108 Å². The molecule has 6 heteroatoms. The molecule has 0 saturated carbocycles. The number of allylic oxidation sites excluding steroid dienone is 6. The van der Waals surface area contributed by atoms with Crippen LogP contribution in [0.4, 0.5) is 11.4 Å². The monoisotopic (exact) mass is 552 g/mol. The summed E-state index contributed by atoms with van der Waals surface area (Å²) in [7, 11) is 0. The lowest BCUT2D eigenvalue weighted by Gasteiger charge is -2.19. The fourth-order valence-electron chi connectivity index (χ4n) is 4.28. The van der Waals surface area contributed by atoms with Gasteiger partial charge in [-0.15, -0.1) is 0 Å². The number of para-hydroxylation sites is 2. The molecule has 1 aliphatic heterocycles. The SMILES string of the molecule is C=NC1CC2C=CC=C1NCc1ccccc1N=CC(C)/C=C\C=C(/CN)NCc1ccccc1N=C2.CC.CC. The summed E-state index contributed by atoms with van der Waals surface area (Å²) in [4.78, 5) is 14.1. The number of benzene rings is 2. The van der Waals surface area contributed by atoms with Gasteiger partial charge in [0.05, 0.1) is 17.4 Å². The molecule has 4 rings (SSSR count). The van der Waals surface area contributed by atoms with Crippen molar-refractivity contribution in [1.82, 2.24) is 10.6 Å². The van der Waals surface area contributed by atoms with Crippen LogP contribution in [-0.4, -0.2) is 31.7 Å². The standard InChI is InChI=1S/C31H36N6.2C2H6/c1-23-9-7-13-27(18-32)34-21-25-11-3-6-15-29(25)36-20-24-10-8-16-30(31(17-24)33-2)37-22-26-12-4-5-14-28(26)35-19-23;2*1-2/h3-16,19-20,23-24,31,34,37H,2,17-18,21-22,32H2,1H3;2*1-2H3/b9-7-,27-13+,35-19?,36-20?;;. The summed E-state index contributed by atoms with van der Waals surface area (Å²) < 4.78 is 0. The summed E-state index contributed by atoms with van der Waals surface area (Å²) in [6.45, 7) is 15.7. The normalized spacial score (nSPS) is 22.4. The molecule has 3 atom stereocenters. The minimum atomic E-state index is -0.0458. The number of fused-ring (bicyclic) bond motifs is 5. The summed E-state index contributed by atoms with van der Waals surface area (Å²) in [5.74, 6) is 0.311. The first kappa shape index (κ1) is 33.2. The van der Waals surface area contributed by atoms with Gasteiger partial charge in [0.1, 0.15) is 0 Å². The van der Waals surface area contributed by atoms with Crippen molar-refractivity contribution in [1.29, 1.82) is 0 Å². The third-order valence-corrected chi connectivity index (χ3v) is 6.47. The molecule has 2 bridgehead atoms. The van der Waals surface area contributed by atoms with E-state index in [4.69, 9.17) is 15.7 Å². The zero-order chi connectivity index (χ0) is 29.9. The van der Waals surface area contributed by atoms with Crippen LogP contribution in [0.15, 0.2) is 111 Å². The highest BCUT2D eigenvalue weighted by Gasteiger charge is 2.19. The highest BCUT2D eigenvalue weighted by molar-refractivity contribution is 5.70. The Kier molecular flexibility index (Phi) is 15.5. The van der Waals surface area contributed by atoms with E-state index in [-0.39, 0.29) is 17.9 Å². The Morgan fingerprint density at radius 3 is 2.05 bits per heavy atom. The van der Waals surface area contributed by atoms with Gasteiger partial charge >= 0.3 is 0 Å². The van der Waals surface area contributed by atoms with E-state index in [1.54, 1.807) is 0 Å². The summed E-state index contributed by atoms with van der Waals surface area (Å²) in [5.41, 5.74) is 12.2. The van der Waals surface area contributed by atoms with Crippen molar-refractivity contribution in [2.75, 3.05) is 6.54 Å². The Hall–Kier alpha value is -4.03. The smallest absolute Gasteiger partial charge is 0.0896 e. The molecule has 2 aromatic carbocycles. The second kappa shape index (κ2) is 19.1. The van der Waals surface area contributed by atoms with Crippen LogP contribution in [0.3, 0.4) is 0 Å². The molecule has 218 valence electrons. The van der Waals surface area contributed by atoms with E-state index < -0.39 is 0 Å². The van der Waals surface area contributed by atoms with E-state index in [0.717, 1.165) is 40.3 Å². The molecule has 0 saturated heterocycles. The van der Waals surface area contributed by atoms with Gasteiger partial charge in [-0.2, -0.15) is 0 Å². The molecule has 6 nitrogen and oxygen atoms in total. The molecule has 41 heavy (non-hydrogen) atoms. The molecule has 2 aromatic rings. The number of hydrogen-bond donors (Lipinski definition) is 3. The lowest BCUT2D eigenvalue weighted by Crippen LogP contribution is -2.24. The molecular weight excluding hydrogens is 504 g/mol. The average Bonchev–Trinajstić information content (AvgIpc) is 3.23. The molecular formula is C35H48N6. The largest absolute Gasteiger partial charge is 0.383 e. The second-order valence-corrected chi connectivity index (χ2v) is 9.27. The maximum atomic E-state index is 6.01. The number of rotatable bonds is 2. The molecule has 0 spiro atoms. The van der Waals surface area contributed by atoms with E-state index in [1.165, 1.54) is 0 Å². The van der Waals surface area contributed by atoms with Crippen LogP contribution >= 0.6 is 0 Å². The van der Waals surface area contributed by atoms with Crippen LogP contribution < -0.4 is 16.4 Å². The highest BCUT2D eigenvalue weighted by atomic mass is 14.9. The van der Waals surface area contributed by atoms with Gasteiger partial charge in [0.15, 0.2) is 0 Å². The first-order valence-electron chi connectivity index (χ1n) is 14.8. The summed E-state index contributed by atoms with van der Waals surface area (Å²) in [6, 6.07) is 16.4. The van der Waals surface area contributed by atoms with E-state index in [2.05, 4.69) is 65.7 Å². The minimum absolute atomic E-state index is 0.0458. The molecule has 0 amide bonds.